The van der Waals surface area contributed by atoms with Crippen LogP contribution < -0.4 is 5.73 Å². The highest BCUT2D eigenvalue weighted by Crippen LogP contribution is 2.45. The molecule has 0 aromatic heterocycles. The van der Waals surface area contributed by atoms with Crippen LogP contribution in [0.3, 0.4) is 0 Å². The fourth-order valence-electron chi connectivity index (χ4n) is 4.19. The molecule has 2 aliphatic rings. The van der Waals surface area contributed by atoms with Gasteiger partial charge in [-0.05, 0) is 51.1 Å². The Morgan fingerprint density at radius 2 is 1.86 bits per heavy atom. The van der Waals surface area contributed by atoms with Crippen molar-refractivity contribution in [2.24, 2.45) is 23.0 Å². The second kappa shape index (κ2) is 6.25. The summed E-state index contributed by atoms with van der Waals surface area (Å²) < 4.78 is 0. The van der Waals surface area contributed by atoms with Crippen molar-refractivity contribution in [1.29, 1.82) is 0 Å². The summed E-state index contributed by atoms with van der Waals surface area (Å²) in [5.41, 5.74) is 6.23. The lowest BCUT2D eigenvalue weighted by Crippen LogP contribution is -2.54. The molecule has 2 N–H and O–H groups in total. The van der Waals surface area contributed by atoms with Crippen molar-refractivity contribution in [2.75, 3.05) is 26.7 Å². The van der Waals surface area contributed by atoms with Crippen molar-refractivity contribution in [3.05, 3.63) is 0 Å². The fraction of sp³-hybridized carbons (Fsp3) is 0.941. The zero-order chi connectivity index (χ0) is 15.8. The molecule has 4 nitrogen and oxygen atoms in total. The lowest BCUT2D eigenvalue weighted by Gasteiger charge is -2.48. The zero-order valence-corrected chi connectivity index (χ0v) is 14.4. The Bertz CT molecular complexity index is 382. The Morgan fingerprint density at radius 3 is 2.52 bits per heavy atom. The number of amides is 1. The van der Waals surface area contributed by atoms with Gasteiger partial charge in [-0.1, -0.05) is 20.8 Å². The van der Waals surface area contributed by atoms with Crippen LogP contribution in [0, 0.1) is 17.3 Å². The molecule has 0 aromatic carbocycles. The Balaban J connectivity index is 2.15. The average molecular weight is 295 g/mol. The number of hydrogen-bond donors (Lipinski definition) is 1. The van der Waals surface area contributed by atoms with Crippen molar-refractivity contribution < 1.29 is 4.79 Å². The Morgan fingerprint density at radius 1 is 1.19 bits per heavy atom. The van der Waals surface area contributed by atoms with E-state index < -0.39 is 0 Å². The molecular formula is C17H33N3O. The molecule has 2 rings (SSSR count). The molecule has 1 aliphatic heterocycles. The standard InChI is InChI=1S/C17H33N3O/c1-12-11-19(5)9-6-10-20(12)16(21)14-7-8-15(18)13(2)17(14,3)4/h12-15H,6-11,18H2,1-5H3. The van der Waals surface area contributed by atoms with Gasteiger partial charge in [0.15, 0.2) is 0 Å². The number of nitrogens with zero attached hydrogens (tertiary/aromatic N) is 2. The number of carbonyl (C=O) groups is 1. The third-order valence-corrected chi connectivity index (χ3v) is 6.13. The maximum atomic E-state index is 13.2. The summed E-state index contributed by atoms with van der Waals surface area (Å²) in [5, 5.41) is 0. The maximum Gasteiger partial charge on any atom is 0.226 e. The van der Waals surface area contributed by atoms with Crippen molar-refractivity contribution >= 4 is 5.91 Å². The zero-order valence-electron chi connectivity index (χ0n) is 14.4. The highest BCUT2D eigenvalue weighted by molar-refractivity contribution is 5.80. The molecule has 21 heavy (non-hydrogen) atoms. The highest BCUT2D eigenvalue weighted by atomic mass is 16.2. The summed E-state index contributed by atoms with van der Waals surface area (Å²) in [4.78, 5) is 17.6. The number of nitrogens with two attached hydrogens (primary N) is 1. The monoisotopic (exact) mass is 295 g/mol. The first-order valence-electron chi connectivity index (χ1n) is 8.49. The molecule has 1 aliphatic carbocycles. The Hall–Kier alpha value is -0.610. The lowest BCUT2D eigenvalue weighted by atomic mass is 9.60. The topological polar surface area (TPSA) is 49.6 Å². The van der Waals surface area contributed by atoms with E-state index in [-0.39, 0.29) is 17.4 Å². The van der Waals surface area contributed by atoms with Crippen LogP contribution in [0.5, 0.6) is 0 Å². The number of hydrogen-bond acceptors (Lipinski definition) is 3. The second-order valence-corrected chi connectivity index (χ2v) is 7.90. The molecule has 4 unspecified atom stereocenters. The molecule has 1 saturated carbocycles. The summed E-state index contributed by atoms with van der Waals surface area (Å²) in [7, 11) is 2.15. The van der Waals surface area contributed by atoms with Crippen molar-refractivity contribution in [2.45, 2.75) is 59.0 Å². The molecule has 122 valence electrons. The molecule has 0 bridgehead atoms. The quantitative estimate of drug-likeness (QED) is 0.804. The van der Waals surface area contributed by atoms with E-state index in [2.05, 4.69) is 44.5 Å². The van der Waals surface area contributed by atoms with Gasteiger partial charge in [0.1, 0.15) is 0 Å². The van der Waals surface area contributed by atoms with Crippen molar-refractivity contribution in [3.8, 4) is 0 Å². The molecule has 4 heteroatoms. The van der Waals surface area contributed by atoms with Crippen LogP contribution in [0.4, 0.5) is 0 Å². The minimum atomic E-state index is -0.00727. The number of carbonyl (C=O) groups excluding carboxylic acids is 1. The Labute approximate surface area is 130 Å². The first-order chi connectivity index (χ1) is 9.75. The van der Waals surface area contributed by atoms with Gasteiger partial charge < -0.3 is 15.5 Å². The summed E-state index contributed by atoms with van der Waals surface area (Å²) in [6.45, 7) is 11.8. The van der Waals surface area contributed by atoms with Gasteiger partial charge in [-0.3, -0.25) is 4.79 Å². The van der Waals surface area contributed by atoms with Crippen molar-refractivity contribution in [3.63, 3.8) is 0 Å². The van der Waals surface area contributed by atoms with Crippen LogP contribution in [0.2, 0.25) is 0 Å². The first kappa shape index (κ1) is 16.8. The average Bonchev–Trinajstić information content (AvgIpc) is 2.56. The smallest absolute Gasteiger partial charge is 0.226 e. The largest absolute Gasteiger partial charge is 0.338 e. The van der Waals surface area contributed by atoms with Crippen LogP contribution in [-0.4, -0.2) is 54.5 Å². The Kier molecular flexibility index (Phi) is 4.99. The first-order valence-corrected chi connectivity index (χ1v) is 8.49. The molecule has 0 radical (unpaired) electrons. The third-order valence-electron chi connectivity index (χ3n) is 6.13. The van der Waals surface area contributed by atoms with E-state index in [9.17, 15) is 4.79 Å². The van der Waals surface area contributed by atoms with E-state index in [1.807, 2.05) is 0 Å². The molecule has 1 saturated heterocycles. The van der Waals surface area contributed by atoms with Crippen LogP contribution >= 0.6 is 0 Å². The normalized spacial score (nSPS) is 38.1. The minimum Gasteiger partial charge on any atom is -0.338 e. The van der Waals surface area contributed by atoms with Crippen LogP contribution in [0.15, 0.2) is 0 Å². The highest BCUT2D eigenvalue weighted by Gasteiger charge is 2.46. The van der Waals surface area contributed by atoms with Gasteiger partial charge in [0, 0.05) is 31.1 Å². The van der Waals surface area contributed by atoms with Gasteiger partial charge in [-0.15, -0.1) is 0 Å². The maximum absolute atomic E-state index is 13.2. The van der Waals surface area contributed by atoms with Gasteiger partial charge in [0.05, 0.1) is 0 Å². The SMILES string of the molecule is CC1CN(C)CCCN1C(=O)C1CCC(N)C(C)C1(C)C. The van der Waals surface area contributed by atoms with E-state index in [0.29, 0.717) is 17.9 Å². The predicted molar refractivity (Wildman–Crippen MR) is 86.9 cm³/mol. The summed E-state index contributed by atoms with van der Waals surface area (Å²) in [6, 6.07) is 0.545. The van der Waals surface area contributed by atoms with E-state index in [0.717, 1.165) is 38.9 Å². The van der Waals surface area contributed by atoms with Gasteiger partial charge in [-0.2, -0.15) is 0 Å². The van der Waals surface area contributed by atoms with Gasteiger partial charge >= 0.3 is 0 Å². The minimum absolute atomic E-state index is 0.00727. The van der Waals surface area contributed by atoms with E-state index in [1.54, 1.807) is 0 Å². The number of rotatable bonds is 1. The molecule has 0 spiro atoms. The second-order valence-electron chi connectivity index (χ2n) is 7.90. The van der Waals surface area contributed by atoms with Crippen LogP contribution in [0.25, 0.3) is 0 Å². The number of likely N-dealkylation sites (N-methyl/N-ethyl adjacent to an activating group) is 1. The molecule has 2 fully saturated rings. The van der Waals surface area contributed by atoms with Crippen molar-refractivity contribution in [1.82, 2.24) is 9.80 Å². The van der Waals surface area contributed by atoms with E-state index in [1.165, 1.54) is 0 Å². The predicted octanol–water partition coefficient (Wildman–Crippen LogP) is 1.94. The molecule has 4 atom stereocenters. The van der Waals surface area contributed by atoms with Gasteiger partial charge in [-0.25, -0.2) is 0 Å². The summed E-state index contributed by atoms with van der Waals surface area (Å²) in [5.74, 6) is 0.880. The van der Waals surface area contributed by atoms with E-state index in [4.69, 9.17) is 5.73 Å². The van der Waals surface area contributed by atoms with Crippen LogP contribution in [0.1, 0.15) is 47.0 Å². The summed E-state index contributed by atoms with van der Waals surface area (Å²) in [6.07, 6.45) is 2.99. The molecule has 0 aromatic rings. The molecule has 1 amide bonds. The molecule has 1 heterocycles. The lowest BCUT2D eigenvalue weighted by molar-refractivity contribution is -0.145. The molecular weight excluding hydrogens is 262 g/mol. The van der Waals surface area contributed by atoms with Gasteiger partial charge in [0.25, 0.3) is 0 Å². The van der Waals surface area contributed by atoms with Gasteiger partial charge in [0.2, 0.25) is 5.91 Å². The third kappa shape index (κ3) is 3.26. The summed E-state index contributed by atoms with van der Waals surface area (Å²) >= 11 is 0. The fourth-order valence-corrected chi connectivity index (χ4v) is 4.19. The van der Waals surface area contributed by atoms with E-state index >= 15 is 0 Å². The van der Waals surface area contributed by atoms with Crippen LogP contribution in [-0.2, 0) is 4.79 Å².